The number of nitrogen functional groups attached to an aromatic ring is 1. The Bertz CT molecular complexity index is 570. The lowest BCUT2D eigenvalue weighted by Crippen LogP contribution is -2.03. The molecule has 0 radical (unpaired) electrons. The van der Waals surface area contributed by atoms with Crippen molar-refractivity contribution in [3.63, 3.8) is 0 Å². The zero-order chi connectivity index (χ0) is 13.1. The lowest BCUT2D eigenvalue weighted by molar-refractivity contribution is 0.507. The molecule has 0 amide bonds. The smallest absolute Gasteiger partial charge is 0.159 e. The van der Waals surface area contributed by atoms with Gasteiger partial charge in [-0.25, -0.2) is 13.2 Å². The first-order chi connectivity index (χ1) is 8.56. The molecule has 5 heteroatoms. The van der Waals surface area contributed by atoms with Crippen molar-refractivity contribution in [3.05, 3.63) is 59.4 Å². The van der Waals surface area contributed by atoms with Crippen LogP contribution >= 0.6 is 0 Å². The van der Waals surface area contributed by atoms with Gasteiger partial charge in [-0.05, 0) is 35.9 Å². The highest BCUT2D eigenvalue weighted by Crippen LogP contribution is 2.20. The third-order valence-electron chi connectivity index (χ3n) is 2.48. The van der Waals surface area contributed by atoms with E-state index in [-0.39, 0.29) is 12.2 Å². The molecule has 2 rings (SSSR count). The normalized spacial score (nSPS) is 10.4. The van der Waals surface area contributed by atoms with Gasteiger partial charge in [0.1, 0.15) is 5.82 Å². The molecule has 0 aliphatic carbocycles. The van der Waals surface area contributed by atoms with Crippen molar-refractivity contribution in [2.24, 2.45) is 0 Å². The lowest BCUT2D eigenvalue weighted by atomic mass is 10.2. The van der Waals surface area contributed by atoms with Crippen LogP contribution in [0.1, 0.15) is 5.56 Å². The second-order valence-corrected chi connectivity index (χ2v) is 3.83. The number of nitrogens with one attached hydrogen (secondary N) is 1. The maximum Gasteiger partial charge on any atom is 0.159 e. The van der Waals surface area contributed by atoms with E-state index < -0.39 is 17.5 Å². The molecular formula is C13H11F3N2. The number of anilines is 2. The van der Waals surface area contributed by atoms with Crippen molar-refractivity contribution in [2.45, 2.75) is 6.54 Å². The van der Waals surface area contributed by atoms with Crippen LogP contribution < -0.4 is 11.1 Å². The van der Waals surface area contributed by atoms with E-state index >= 15 is 0 Å². The third kappa shape index (κ3) is 2.74. The molecule has 2 nitrogen and oxygen atoms in total. The van der Waals surface area contributed by atoms with E-state index in [9.17, 15) is 13.2 Å². The first-order valence-corrected chi connectivity index (χ1v) is 5.29. The van der Waals surface area contributed by atoms with E-state index in [1.807, 2.05) is 0 Å². The monoisotopic (exact) mass is 252 g/mol. The maximum absolute atomic E-state index is 13.0. The summed E-state index contributed by atoms with van der Waals surface area (Å²) in [7, 11) is 0. The number of rotatable bonds is 3. The van der Waals surface area contributed by atoms with Gasteiger partial charge in [-0.1, -0.05) is 6.07 Å². The summed E-state index contributed by atoms with van der Waals surface area (Å²) in [4.78, 5) is 0. The van der Waals surface area contributed by atoms with Gasteiger partial charge in [0.2, 0.25) is 0 Å². The van der Waals surface area contributed by atoms with Gasteiger partial charge in [-0.2, -0.15) is 0 Å². The predicted octanol–water partition coefficient (Wildman–Crippen LogP) is 3.30. The number of hydrogen-bond acceptors (Lipinski definition) is 2. The SMILES string of the molecule is Nc1cc(F)ccc1NCc1ccc(F)c(F)c1. The first kappa shape index (κ1) is 12.3. The highest BCUT2D eigenvalue weighted by atomic mass is 19.2. The van der Waals surface area contributed by atoms with Crippen molar-refractivity contribution >= 4 is 11.4 Å². The molecule has 2 aromatic carbocycles. The topological polar surface area (TPSA) is 38.0 Å². The van der Waals surface area contributed by atoms with Crippen LogP contribution in [0.2, 0.25) is 0 Å². The van der Waals surface area contributed by atoms with Crippen LogP contribution in [0.4, 0.5) is 24.5 Å². The summed E-state index contributed by atoms with van der Waals surface area (Å²) >= 11 is 0. The molecule has 0 bridgehead atoms. The van der Waals surface area contributed by atoms with E-state index in [0.717, 1.165) is 12.1 Å². The highest BCUT2D eigenvalue weighted by Gasteiger charge is 2.04. The molecule has 0 saturated carbocycles. The summed E-state index contributed by atoms with van der Waals surface area (Å²) in [6.07, 6.45) is 0. The highest BCUT2D eigenvalue weighted by molar-refractivity contribution is 5.65. The Hall–Kier alpha value is -2.17. The standard InChI is InChI=1S/C13H11F3N2/c14-9-2-4-13(12(17)6-9)18-7-8-1-3-10(15)11(16)5-8/h1-6,18H,7,17H2. The molecule has 0 aliphatic heterocycles. The Labute approximate surface area is 102 Å². The molecule has 2 aromatic rings. The zero-order valence-electron chi connectivity index (χ0n) is 9.38. The van der Waals surface area contributed by atoms with Gasteiger partial charge in [0.15, 0.2) is 11.6 Å². The minimum atomic E-state index is -0.902. The molecule has 0 aliphatic rings. The second kappa shape index (κ2) is 5.00. The van der Waals surface area contributed by atoms with E-state index in [1.54, 1.807) is 0 Å². The quantitative estimate of drug-likeness (QED) is 0.822. The summed E-state index contributed by atoms with van der Waals surface area (Å²) in [6.45, 7) is 0.271. The largest absolute Gasteiger partial charge is 0.397 e. The summed E-state index contributed by atoms with van der Waals surface area (Å²) in [5.74, 6) is -2.22. The minimum absolute atomic E-state index is 0.262. The van der Waals surface area contributed by atoms with Gasteiger partial charge in [0.05, 0.1) is 11.4 Å². The van der Waals surface area contributed by atoms with Crippen LogP contribution in [0.15, 0.2) is 36.4 Å². The van der Waals surface area contributed by atoms with E-state index in [0.29, 0.717) is 11.3 Å². The average Bonchev–Trinajstić information content (AvgIpc) is 2.32. The van der Waals surface area contributed by atoms with Crippen LogP contribution in [-0.2, 0) is 6.54 Å². The Kier molecular flexibility index (Phi) is 3.41. The predicted molar refractivity (Wildman–Crippen MR) is 64.5 cm³/mol. The lowest BCUT2D eigenvalue weighted by Gasteiger charge is -2.09. The fourth-order valence-corrected chi connectivity index (χ4v) is 1.54. The molecule has 0 heterocycles. The molecule has 0 spiro atoms. The van der Waals surface area contributed by atoms with Gasteiger partial charge in [-0.15, -0.1) is 0 Å². The Morgan fingerprint density at radius 3 is 2.39 bits per heavy atom. The molecule has 0 saturated heterocycles. The second-order valence-electron chi connectivity index (χ2n) is 3.83. The van der Waals surface area contributed by atoms with Gasteiger partial charge in [0.25, 0.3) is 0 Å². The van der Waals surface area contributed by atoms with Crippen molar-refractivity contribution in [1.29, 1.82) is 0 Å². The van der Waals surface area contributed by atoms with Crippen molar-refractivity contribution in [1.82, 2.24) is 0 Å². The third-order valence-corrected chi connectivity index (χ3v) is 2.48. The van der Waals surface area contributed by atoms with E-state index in [1.165, 1.54) is 24.3 Å². The molecule has 18 heavy (non-hydrogen) atoms. The van der Waals surface area contributed by atoms with Gasteiger partial charge in [-0.3, -0.25) is 0 Å². The van der Waals surface area contributed by atoms with E-state index in [2.05, 4.69) is 5.32 Å². The molecular weight excluding hydrogens is 241 g/mol. The molecule has 0 atom stereocenters. The fraction of sp³-hybridized carbons (Fsp3) is 0.0769. The van der Waals surface area contributed by atoms with Crippen molar-refractivity contribution < 1.29 is 13.2 Å². The number of halogens is 3. The number of hydrogen-bond donors (Lipinski definition) is 2. The Morgan fingerprint density at radius 1 is 0.944 bits per heavy atom. The summed E-state index contributed by atoms with van der Waals surface area (Å²) in [6, 6.07) is 7.57. The summed E-state index contributed by atoms with van der Waals surface area (Å²) < 4.78 is 38.5. The van der Waals surface area contributed by atoms with Crippen LogP contribution in [0.25, 0.3) is 0 Å². The van der Waals surface area contributed by atoms with Crippen LogP contribution in [0, 0.1) is 17.5 Å². The minimum Gasteiger partial charge on any atom is -0.397 e. The van der Waals surface area contributed by atoms with Crippen molar-refractivity contribution in [2.75, 3.05) is 11.1 Å². The van der Waals surface area contributed by atoms with Gasteiger partial charge < -0.3 is 11.1 Å². The number of nitrogens with two attached hydrogens (primary N) is 1. The fourth-order valence-electron chi connectivity index (χ4n) is 1.54. The van der Waals surface area contributed by atoms with Gasteiger partial charge >= 0.3 is 0 Å². The molecule has 0 fully saturated rings. The molecule has 3 N–H and O–H groups in total. The average molecular weight is 252 g/mol. The molecule has 0 unspecified atom stereocenters. The number of benzene rings is 2. The van der Waals surface area contributed by atoms with Crippen LogP contribution in [0.3, 0.4) is 0 Å². The summed E-state index contributed by atoms with van der Waals surface area (Å²) in [5.41, 5.74) is 6.97. The molecule has 0 aromatic heterocycles. The Balaban J connectivity index is 2.09. The zero-order valence-corrected chi connectivity index (χ0v) is 9.38. The summed E-state index contributed by atoms with van der Waals surface area (Å²) in [5, 5.41) is 2.92. The van der Waals surface area contributed by atoms with Crippen LogP contribution in [0.5, 0.6) is 0 Å². The van der Waals surface area contributed by atoms with Crippen LogP contribution in [-0.4, -0.2) is 0 Å². The molecule has 94 valence electrons. The van der Waals surface area contributed by atoms with E-state index in [4.69, 9.17) is 5.73 Å². The first-order valence-electron chi connectivity index (χ1n) is 5.29. The maximum atomic E-state index is 13.0. The Morgan fingerprint density at radius 2 is 1.72 bits per heavy atom. The van der Waals surface area contributed by atoms with Crippen molar-refractivity contribution in [3.8, 4) is 0 Å². The van der Waals surface area contributed by atoms with Gasteiger partial charge in [0, 0.05) is 6.54 Å².